The molecule has 1 amide bonds. The number of amides is 1. The van der Waals surface area contributed by atoms with Gasteiger partial charge in [0, 0.05) is 42.3 Å². The molecule has 0 saturated heterocycles. The van der Waals surface area contributed by atoms with Gasteiger partial charge in [0.1, 0.15) is 5.65 Å². The molecule has 0 saturated carbocycles. The van der Waals surface area contributed by atoms with E-state index in [9.17, 15) is 4.79 Å². The minimum Gasteiger partial charge on any atom is -0.345 e. The fourth-order valence-electron chi connectivity index (χ4n) is 2.75. The van der Waals surface area contributed by atoms with Crippen molar-refractivity contribution in [3.05, 3.63) is 81.9 Å². The summed E-state index contributed by atoms with van der Waals surface area (Å²) in [6.07, 6.45) is 4.18. The summed E-state index contributed by atoms with van der Waals surface area (Å²) < 4.78 is 1.97. The summed E-state index contributed by atoms with van der Waals surface area (Å²) in [5, 5.41) is 2.84. The van der Waals surface area contributed by atoms with Crippen molar-refractivity contribution in [1.82, 2.24) is 14.5 Å². The Labute approximate surface area is 148 Å². The Hall–Kier alpha value is -2.99. The van der Waals surface area contributed by atoms with Crippen molar-refractivity contribution in [2.24, 2.45) is 12.0 Å². The topological polar surface area (TPSA) is 63.0 Å². The summed E-state index contributed by atoms with van der Waals surface area (Å²) in [4.78, 5) is 24.8. The lowest BCUT2D eigenvalue weighted by molar-refractivity contribution is 0.0999. The molecule has 124 valence electrons. The molecule has 1 N–H and O–H groups in total. The Balaban J connectivity index is 1.67. The van der Waals surface area contributed by atoms with E-state index in [1.165, 1.54) is 16.9 Å². The molecule has 5 nitrogen and oxygen atoms in total. The van der Waals surface area contributed by atoms with Gasteiger partial charge in [-0.3, -0.25) is 4.79 Å². The third-order valence-electron chi connectivity index (χ3n) is 4.12. The van der Waals surface area contributed by atoms with E-state index in [4.69, 9.17) is 0 Å². The van der Waals surface area contributed by atoms with Crippen LogP contribution in [0.4, 0.5) is 0 Å². The Morgan fingerprint density at radius 1 is 1.24 bits per heavy atom. The molecule has 0 radical (unpaired) electrons. The highest BCUT2D eigenvalue weighted by atomic mass is 32.1. The van der Waals surface area contributed by atoms with E-state index in [-0.39, 0.29) is 5.91 Å². The van der Waals surface area contributed by atoms with E-state index in [1.807, 2.05) is 41.9 Å². The Bertz CT molecular complexity index is 1110. The van der Waals surface area contributed by atoms with Gasteiger partial charge in [-0.2, -0.15) is 4.99 Å². The minimum absolute atomic E-state index is 0.261. The number of carbonyl (C=O) groups excluding carboxylic acids is 1. The summed E-state index contributed by atoms with van der Waals surface area (Å²) >= 11 is 1.48. The third-order valence-corrected chi connectivity index (χ3v) is 5.09. The van der Waals surface area contributed by atoms with Crippen molar-refractivity contribution >= 4 is 28.3 Å². The Morgan fingerprint density at radius 2 is 2.08 bits per heavy atom. The summed E-state index contributed by atoms with van der Waals surface area (Å²) in [5.74, 6) is -0.261. The van der Waals surface area contributed by atoms with Crippen LogP contribution in [0, 0.1) is 0 Å². The smallest absolute Gasteiger partial charge is 0.281 e. The van der Waals surface area contributed by atoms with Gasteiger partial charge in [0.2, 0.25) is 0 Å². The lowest BCUT2D eigenvalue weighted by Crippen LogP contribution is -2.15. The van der Waals surface area contributed by atoms with Gasteiger partial charge in [-0.05, 0) is 17.7 Å². The Kier molecular flexibility index (Phi) is 4.03. The zero-order chi connectivity index (χ0) is 17.2. The fraction of sp³-hybridized carbons (Fsp3) is 0.105. The highest BCUT2D eigenvalue weighted by Gasteiger charge is 2.12. The van der Waals surface area contributed by atoms with E-state index in [1.54, 1.807) is 12.4 Å². The number of hydrogen-bond acceptors (Lipinski definition) is 3. The van der Waals surface area contributed by atoms with E-state index < -0.39 is 0 Å². The van der Waals surface area contributed by atoms with Crippen LogP contribution in [-0.4, -0.2) is 20.4 Å². The second-order valence-corrected chi connectivity index (χ2v) is 6.59. The highest BCUT2D eigenvalue weighted by molar-refractivity contribution is 7.07. The number of nitrogens with one attached hydrogen (secondary N) is 1. The molecule has 3 heterocycles. The molecule has 0 aliphatic heterocycles. The molecule has 4 rings (SSSR count). The molecule has 4 aromatic rings. The maximum atomic E-state index is 12.6. The number of benzene rings is 1. The quantitative estimate of drug-likeness (QED) is 0.617. The van der Waals surface area contributed by atoms with Crippen LogP contribution in [0.3, 0.4) is 0 Å². The highest BCUT2D eigenvalue weighted by Crippen LogP contribution is 2.16. The number of aromatic nitrogens is 3. The maximum Gasteiger partial charge on any atom is 0.281 e. The number of nitrogens with zero attached hydrogens (tertiary/aromatic N) is 3. The first kappa shape index (κ1) is 15.5. The molecule has 0 spiro atoms. The molecule has 0 aliphatic rings. The van der Waals surface area contributed by atoms with Crippen LogP contribution in [0.5, 0.6) is 0 Å². The second kappa shape index (κ2) is 6.49. The fourth-order valence-corrected chi connectivity index (χ4v) is 3.64. The molecular weight excluding hydrogens is 332 g/mol. The molecular formula is C19H16N4OS. The zero-order valence-corrected chi connectivity index (χ0v) is 14.5. The normalized spacial score (nSPS) is 12.0. The molecule has 6 heteroatoms. The number of H-pyrrole nitrogens is 1. The van der Waals surface area contributed by atoms with Gasteiger partial charge >= 0.3 is 0 Å². The van der Waals surface area contributed by atoms with E-state index in [0.717, 1.165) is 17.5 Å². The maximum absolute atomic E-state index is 12.6. The van der Waals surface area contributed by atoms with Crippen molar-refractivity contribution in [2.45, 2.75) is 6.42 Å². The molecule has 0 aliphatic carbocycles. The number of hydrogen-bond donors (Lipinski definition) is 1. The van der Waals surface area contributed by atoms with Gasteiger partial charge in [-0.15, -0.1) is 11.3 Å². The number of rotatable bonds is 3. The van der Waals surface area contributed by atoms with Gasteiger partial charge in [-0.25, -0.2) is 4.98 Å². The van der Waals surface area contributed by atoms with E-state index >= 15 is 0 Å². The molecule has 0 fully saturated rings. The predicted molar refractivity (Wildman–Crippen MR) is 98.5 cm³/mol. The molecule has 25 heavy (non-hydrogen) atoms. The van der Waals surface area contributed by atoms with Gasteiger partial charge < -0.3 is 9.55 Å². The molecule has 0 atom stereocenters. The first-order valence-corrected chi connectivity index (χ1v) is 8.79. The average molecular weight is 348 g/mol. The summed E-state index contributed by atoms with van der Waals surface area (Å²) in [5.41, 5.74) is 3.60. The van der Waals surface area contributed by atoms with Gasteiger partial charge in [0.15, 0.2) is 4.80 Å². The monoisotopic (exact) mass is 348 g/mol. The molecule has 3 aromatic heterocycles. The van der Waals surface area contributed by atoms with Crippen LogP contribution in [0.1, 0.15) is 21.6 Å². The summed E-state index contributed by atoms with van der Waals surface area (Å²) in [6.45, 7) is 0. The van der Waals surface area contributed by atoms with Crippen molar-refractivity contribution < 1.29 is 4.79 Å². The Morgan fingerprint density at radius 3 is 2.92 bits per heavy atom. The van der Waals surface area contributed by atoms with Crippen LogP contribution >= 0.6 is 11.3 Å². The third kappa shape index (κ3) is 3.04. The zero-order valence-electron chi connectivity index (χ0n) is 13.6. The first-order chi connectivity index (χ1) is 12.2. The SMILES string of the molecule is Cn1c(Cc2ccccc2)cs/c1=N\C(=O)c1c[nH]c2ncccc12. The minimum atomic E-state index is -0.261. The van der Waals surface area contributed by atoms with Crippen molar-refractivity contribution in [1.29, 1.82) is 0 Å². The number of fused-ring (bicyclic) bond motifs is 1. The molecule has 0 unspecified atom stereocenters. The lowest BCUT2D eigenvalue weighted by Gasteiger charge is -2.02. The molecule has 0 bridgehead atoms. The van der Waals surface area contributed by atoms with Crippen molar-refractivity contribution in [3.63, 3.8) is 0 Å². The van der Waals surface area contributed by atoms with Crippen LogP contribution in [0.25, 0.3) is 11.0 Å². The van der Waals surface area contributed by atoms with Crippen LogP contribution in [0.2, 0.25) is 0 Å². The van der Waals surface area contributed by atoms with Gasteiger partial charge in [0.25, 0.3) is 5.91 Å². The van der Waals surface area contributed by atoms with Crippen LogP contribution in [-0.2, 0) is 13.5 Å². The van der Waals surface area contributed by atoms with Crippen LogP contribution in [0.15, 0.2) is 65.2 Å². The average Bonchev–Trinajstić information content (AvgIpc) is 3.21. The van der Waals surface area contributed by atoms with Crippen LogP contribution < -0.4 is 4.80 Å². The van der Waals surface area contributed by atoms with Gasteiger partial charge in [0.05, 0.1) is 5.56 Å². The largest absolute Gasteiger partial charge is 0.345 e. The lowest BCUT2D eigenvalue weighted by atomic mass is 10.1. The number of aromatic amines is 1. The summed E-state index contributed by atoms with van der Waals surface area (Å²) in [6, 6.07) is 13.9. The summed E-state index contributed by atoms with van der Waals surface area (Å²) in [7, 11) is 1.94. The standard InChI is InChI=1S/C19H16N4OS/c1-23-14(10-13-6-3-2-4-7-13)12-25-19(23)22-18(24)16-11-21-17-15(16)8-5-9-20-17/h2-9,11-12H,10H2,1H3,(H,20,21)/b22-19-. The number of pyridine rings is 1. The molecule has 1 aromatic carbocycles. The van der Waals surface area contributed by atoms with Gasteiger partial charge in [-0.1, -0.05) is 30.3 Å². The number of thiazole rings is 1. The van der Waals surface area contributed by atoms with E-state index in [0.29, 0.717) is 16.0 Å². The van der Waals surface area contributed by atoms with Crippen molar-refractivity contribution in [2.75, 3.05) is 0 Å². The number of carbonyl (C=O) groups is 1. The van der Waals surface area contributed by atoms with Crippen molar-refractivity contribution in [3.8, 4) is 0 Å². The predicted octanol–water partition coefficient (Wildman–Crippen LogP) is 3.29. The first-order valence-electron chi connectivity index (χ1n) is 7.91. The second-order valence-electron chi connectivity index (χ2n) is 5.75. The van der Waals surface area contributed by atoms with E-state index in [2.05, 4.69) is 32.5 Å².